The molecule has 2 fully saturated rings. The van der Waals surface area contributed by atoms with Crippen LogP contribution in [0.5, 0.6) is 0 Å². The summed E-state index contributed by atoms with van der Waals surface area (Å²) in [5.41, 5.74) is 0. The van der Waals surface area contributed by atoms with Crippen LogP contribution in [-0.4, -0.2) is 32.5 Å². The van der Waals surface area contributed by atoms with Crippen molar-refractivity contribution in [1.82, 2.24) is 0 Å². The van der Waals surface area contributed by atoms with Crippen molar-refractivity contribution in [2.75, 3.05) is 26.4 Å². The molecular formula is C14H24O3. The minimum atomic E-state index is 0.398. The van der Waals surface area contributed by atoms with Gasteiger partial charge in [-0.25, -0.2) is 0 Å². The predicted octanol–water partition coefficient (Wildman–Crippen LogP) is 2.76. The SMILES string of the molecule is C=C(C)OCC1CCC(COCC2CO2)CC1. The van der Waals surface area contributed by atoms with Crippen molar-refractivity contribution >= 4 is 0 Å². The maximum absolute atomic E-state index is 5.66. The summed E-state index contributed by atoms with van der Waals surface area (Å²) in [4.78, 5) is 0. The molecule has 1 saturated carbocycles. The van der Waals surface area contributed by atoms with Crippen molar-refractivity contribution in [3.8, 4) is 0 Å². The summed E-state index contributed by atoms with van der Waals surface area (Å²) < 4.78 is 16.3. The Bertz CT molecular complexity index is 240. The van der Waals surface area contributed by atoms with Crippen LogP contribution in [0, 0.1) is 11.8 Å². The monoisotopic (exact) mass is 240 g/mol. The van der Waals surface area contributed by atoms with Crippen LogP contribution in [0.3, 0.4) is 0 Å². The number of rotatable bonds is 7. The van der Waals surface area contributed by atoms with E-state index in [0.29, 0.717) is 6.10 Å². The van der Waals surface area contributed by atoms with Crippen LogP contribution in [0.2, 0.25) is 0 Å². The Balaban J connectivity index is 1.52. The van der Waals surface area contributed by atoms with Gasteiger partial charge in [0, 0.05) is 6.61 Å². The molecule has 3 heteroatoms. The summed E-state index contributed by atoms with van der Waals surface area (Å²) in [5.74, 6) is 2.30. The molecule has 0 amide bonds. The zero-order valence-electron chi connectivity index (χ0n) is 10.8. The van der Waals surface area contributed by atoms with Gasteiger partial charge in [0.25, 0.3) is 0 Å². The Kier molecular flexibility index (Phi) is 4.86. The van der Waals surface area contributed by atoms with Crippen LogP contribution in [0.4, 0.5) is 0 Å². The second-order valence-electron chi connectivity index (χ2n) is 5.39. The molecule has 1 atom stereocenters. The van der Waals surface area contributed by atoms with Gasteiger partial charge in [0.2, 0.25) is 0 Å². The summed E-state index contributed by atoms with van der Waals surface area (Å²) in [6.07, 6.45) is 5.48. The van der Waals surface area contributed by atoms with Gasteiger partial charge in [-0.3, -0.25) is 0 Å². The first-order chi connectivity index (χ1) is 8.24. The van der Waals surface area contributed by atoms with Crippen LogP contribution >= 0.6 is 0 Å². The van der Waals surface area contributed by atoms with Gasteiger partial charge >= 0.3 is 0 Å². The Hall–Kier alpha value is -0.540. The molecule has 0 spiro atoms. The summed E-state index contributed by atoms with van der Waals surface area (Å²) in [7, 11) is 0. The Morgan fingerprint density at radius 2 is 1.71 bits per heavy atom. The number of allylic oxidation sites excluding steroid dienone is 1. The second kappa shape index (κ2) is 6.41. The molecule has 17 heavy (non-hydrogen) atoms. The highest BCUT2D eigenvalue weighted by molar-refractivity contribution is 4.77. The lowest BCUT2D eigenvalue weighted by Crippen LogP contribution is -2.22. The van der Waals surface area contributed by atoms with E-state index in [9.17, 15) is 0 Å². The molecule has 3 nitrogen and oxygen atoms in total. The Morgan fingerprint density at radius 3 is 2.24 bits per heavy atom. The van der Waals surface area contributed by atoms with E-state index in [1.807, 2.05) is 6.92 Å². The number of hydrogen-bond donors (Lipinski definition) is 0. The molecule has 0 aromatic carbocycles. The molecule has 1 aliphatic carbocycles. The van der Waals surface area contributed by atoms with Crippen LogP contribution in [0.1, 0.15) is 32.6 Å². The second-order valence-corrected chi connectivity index (χ2v) is 5.39. The standard InChI is InChI=1S/C14H24O3/c1-11(2)16-8-13-5-3-12(4-6-13)7-15-9-14-10-17-14/h12-14H,1,3-10H2,2H3. The maximum Gasteiger partial charge on any atom is 0.104 e. The lowest BCUT2D eigenvalue weighted by atomic mass is 9.83. The molecule has 0 bridgehead atoms. The molecule has 0 aromatic rings. The first kappa shape index (κ1) is 12.9. The van der Waals surface area contributed by atoms with Crippen molar-refractivity contribution in [2.45, 2.75) is 38.7 Å². The van der Waals surface area contributed by atoms with Crippen LogP contribution in [-0.2, 0) is 14.2 Å². The fourth-order valence-corrected chi connectivity index (χ4v) is 2.36. The topological polar surface area (TPSA) is 31.0 Å². The van der Waals surface area contributed by atoms with Crippen LogP contribution in [0.25, 0.3) is 0 Å². The average molecular weight is 240 g/mol. The van der Waals surface area contributed by atoms with Gasteiger partial charge in [0.15, 0.2) is 0 Å². The minimum Gasteiger partial charge on any atom is -0.499 e. The highest BCUT2D eigenvalue weighted by atomic mass is 16.6. The van der Waals surface area contributed by atoms with E-state index in [1.54, 1.807) is 0 Å². The predicted molar refractivity (Wildman–Crippen MR) is 66.8 cm³/mol. The van der Waals surface area contributed by atoms with Crippen molar-refractivity contribution in [3.05, 3.63) is 12.3 Å². The van der Waals surface area contributed by atoms with Crippen molar-refractivity contribution in [1.29, 1.82) is 0 Å². The van der Waals surface area contributed by atoms with Gasteiger partial charge in [0.1, 0.15) is 6.10 Å². The quantitative estimate of drug-likeness (QED) is 0.506. The molecule has 2 rings (SSSR count). The molecule has 0 radical (unpaired) electrons. The molecule has 1 unspecified atom stereocenters. The van der Waals surface area contributed by atoms with E-state index in [0.717, 1.165) is 44.0 Å². The van der Waals surface area contributed by atoms with Crippen molar-refractivity contribution in [2.24, 2.45) is 11.8 Å². The van der Waals surface area contributed by atoms with E-state index < -0.39 is 0 Å². The van der Waals surface area contributed by atoms with E-state index in [2.05, 4.69) is 6.58 Å². The normalized spacial score (nSPS) is 32.2. The van der Waals surface area contributed by atoms with E-state index >= 15 is 0 Å². The van der Waals surface area contributed by atoms with Gasteiger partial charge in [-0.1, -0.05) is 6.58 Å². The average Bonchev–Trinajstić information content (AvgIpc) is 3.12. The molecule has 98 valence electrons. The number of epoxide rings is 1. The van der Waals surface area contributed by atoms with Gasteiger partial charge in [-0.15, -0.1) is 0 Å². The van der Waals surface area contributed by atoms with E-state index in [-0.39, 0.29) is 0 Å². The lowest BCUT2D eigenvalue weighted by molar-refractivity contribution is 0.0573. The van der Waals surface area contributed by atoms with Gasteiger partial charge in [-0.2, -0.15) is 0 Å². The number of hydrogen-bond acceptors (Lipinski definition) is 3. The first-order valence-corrected chi connectivity index (χ1v) is 6.71. The molecule has 1 saturated heterocycles. The van der Waals surface area contributed by atoms with E-state index in [4.69, 9.17) is 14.2 Å². The fraction of sp³-hybridized carbons (Fsp3) is 0.857. The van der Waals surface area contributed by atoms with Crippen LogP contribution < -0.4 is 0 Å². The first-order valence-electron chi connectivity index (χ1n) is 6.71. The Labute approximate surface area is 104 Å². The fourth-order valence-electron chi connectivity index (χ4n) is 2.36. The molecule has 0 N–H and O–H groups in total. The molecule has 2 aliphatic rings. The third-order valence-corrected chi connectivity index (χ3v) is 3.59. The Morgan fingerprint density at radius 1 is 1.12 bits per heavy atom. The summed E-state index contributed by atoms with van der Waals surface area (Å²) in [6, 6.07) is 0. The molecule has 0 aromatic heterocycles. The lowest BCUT2D eigenvalue weighted by Gasteiger charge is -2.28. The number of ether oxygens (including phenoxy) is 3. The summed E-state index contributed by atoms with van der Waals surface area (Å²) in [6.45, 7) is 9.12. The van der Waals surface area contributed by atoms with Crippen molar-refractivity contribution in [3.63, 3.8) is 0 Å². The molecule has 1 aliphatic heterocycles. The minimum absolute atomic E-state index is 0.398. The zero-order chi connectivity index (χ0) is 12.1. The van der Waals surface area contributed by atoms with Gasteiger partial charge in [-0.05, 0) is 44.4 Å². The van der Waals surface area contributed by atoms with Crippen molar-refractivity contribution < 1.29 is 14.2 Å². The largest absolute Gasteiger partial charge is 0.499 e. The molecule has 1 heterocycles. The van der Waals surface area contributed by atoms with Gasteiger partial charge in [0.05, 0.1) is 25.6 Å². The third-order valence-electron chi connectivity index (χ3n) is 3.59. The third kappa shape index (κ3) is 5.09. The highest BCUT2D eigenvalue weighted by Gasteiger charge is 2.25. The molecular weight excluding hydrogens is 216 g/mol. The smallest absolute Gasteiger partial charge is 0.104 e. The van der Waals surface area contributed by atoms with Crippen LogP contribution in [0.15, 0.2) is 12.3 Å². The summed E-state index contributed by atoms with van der Waals surface area (Å²) in [5, 5.41) is 0. The summed E-state index contributed by atoms with van der Waals surface area (Å²) >= 11 is 0. The zero-order valence-corrected chi connectivity index (χ0v) is 10.8. The van der Waals surface area contributed by atoms with E-state index in [1.165, 1.54) is 25.7 Å². The maximum atomic E-state index is 5.66. The van der Waals surface area contributed by atoms with Gasteiger partial charge < -0.3 is 14.2 Å². The highest BCUT2D eigenvalue weighted by Crippen LogP contribution is 2.29.